The summed E-state index contributed by atoms with van der Waals surface area (Å²) in [5.74, 6) is 6.53. The summed E-state index contributed by atoms with van der Waals surface area (Å²) < 4.78 is 11.0. The molecule has 0 amide bonds. The maximum absolute atomic E-state index is 11.0. The molecule has 14 heavy (non-hydrogen) atoms. The van der Waals surface area contributed by atoms with Gasteiger partial charge in [0.2, 0.25) is 0 Å². The lowest BCUT2D eigenvalue weighted by atomic mass is 9.89. The van der Waals surface area contributed by atoms with E-state index in [0.717, 1.165) is 19.3 Å². The SMILES string of the molecule is CCC#CC1CCC(P(=O)(O)O)CC1. The predicted molar refractivity (Wildman–Crippen MR) is 55.9 cm³/mol. The molecule has 0 heterocycles. The van der Waals surface area contributed by atoms with E-state index in [1.165, 1.54) is 0 Å². The van der Waals surface area contributed by atoms with Crippen LogP contribution in [0, 0.1) is 17.8 Å². The highest BCUT2D eigenvalue weighted by molar-refractivity contribution is 7.52. The van der Waals surface area contributed by atoms with Crippen molar-refractivity contribution in [1.29, 1.82) is 0 Å². The summed E-state index contributed by atoms with van der Waals surface area (Å²) in [6, 6.07) is 0. The summed E-state index contributed by atoms with van der Waals surface area (Å²) in [4.78, 5) is 18.0. The van der Waals surface area contributed by atoms with Crippen LogP contribution in [-0.4, -0.2) is 15.4 Å². The van der Waals surface area contributed by atoms with Gasteiger partial charge in [0.1, 0.15) is 0 Å². The van der Waals surface area contributed by atoms with Crippen molar-refractivity contribution in [1.82, 2.24) is 0 Å². The highest BCUT2D eigenvalue weighted by Gasteiger charge is 2.32. The molecule has 1 aliphatic rings. The van der Waals surface area contributed by atoms with E-state index in [2.05, 4.69) is 11.8 Å². The summed E-state index contributed by atoms with van der Waals surface area (Å²) >= 11 is 0. The summed E-state index contributed by atoms with van der Waals surface area (Å²) in [5.41, 5.74) is -0.415. The van der Waals surface area contributed by atoms with E-state index in [9.17, 15) is 4.57 Å². The lowest BCUT2D eigenvalue weighted by Crippen LogP contribution is -2.18. The second-order valence-electron chi connectivity index (χ2n) is 3.77. The van der Waals surface area contributed by atoms with Crippen LogP contribution in [0.2, 0.25) is 0 Å². The van der Waals surface area contributed by atoms with Crippen molar-refractivity contribution in [2.75, 3.05) is 0 Å². The first-order valence-electron chi connectivity index (χ1n) is 5.07. The van der Waals surface area contributed by atoms with Crippen LogP contribution in [0.3, 0.4) is 0 Å². The molecule has 0 aromatic rings. The minimum absolute atomic E-state index is 0.359. The smallest absolute Gasteiger partial charge is 0.324 e. The second kappa shape index (κ2) is 4.98. The Morgan fingerprint density at radius 2 is 1.86 bits per heavy atom. The van der Waals surface area contributed by atoms with Gasteiger partial charge in [-0.15, -0.1) is 5.92 Å². The zero-order valence-corrected chi connectivity index (χ0v) is 9.33. The van der Waals surface area contributed by atoms with Gasteiger partial charge in [0, 0.05) is 12.3 Å². The molecular formula is C10H17O3P. The van der Waals surface area contributed by atoms with Crippen LogP contribution in [0.5, 0.6) is 0 Å². The molecule has 1 aliphatic carbocycles. The topological polar surface area (TPSA) is 57.5 Å². The van der Waals surface area contributed by atoms with Crippen molar-refractivity contribution in [3.63, 3.8) is 0 Å². The highest BCUT2D eigenvalue weighted by atomic mass is 31.2. The quantitative estimate of drug-likeness (QED) is 0.521. The summed E-state index contributed by atoms with van der Waals surface area (Å²) in [6.45, 7) is 2.01. The van der Waals surface area contributed by atoms with Gasteiger partial charge in [-0.3, -0.25) is 4.57 Å². The Morgan fingerprint density at radius 3 is 2.29 bits per heavy atom. The van der Waals surface area contributed by atoms with Crippen LogP contribution in [0.25, 0.3) is 0 Å². The van der Waals surface area contributed by atoms with E-state index in [1.54, 1.807) is 0 Å². The molecule has 0 saturated heterocycles. The van der Waals surface area contributed by atoms with Gasteiger partial charge >= 0.3 is 7.60 Å². The van der Waals surface area contributed by atoms with E-state index in [-0.39, 0.29) is 0 Å². The first-order valence-corrected chi connectivity index (χ1v) is 6.75. The van der Waals surface area contributed by atoms with Crippen LogP contribution >= 0.6 is 7.60 Å². The van der Waals surface area contributed by atoms with Crippen LogP contribution in [0.15, 0.2) is 0 Å². The monoisotopic (exact) mass is 216 g/mol. The molecule has 0 bridgehead atoms. The van der Waals surface area contributed by atoms with Crippen molar-refractivity contribution in [2.45, 2.75) is 44.7 Å². The Morgan fingerprint density at radius 1 is 1.29 bits per heavy atom. The molecule has 0 spiro atoms. The van der Waals surface area contributed by atoms with Gasteiger partial charge in [-0.1, -0.05) is 12.8 Å². The average Bonchev–Trinajstić information content (AvgIpc) is 2.14. The fourth-order valence-electron chi connectivity index (χ4n) is 1.80. The molecule has 0 atom stereocenters. The maximum Gasteiger partial charge on any atom is 0.328 e. The Balaban J connectivity index is 2.43. The van der Waals surface area contributed by atoms with Gasteiger partial charge in [-0.05, 0) is 25.7 Å². The lowest BCUT2D eigenvalue weighted by molar-refractivity contribution is 0.325. The average molecular weight is 216 g/mol. The van der Waals surface area contributed by atoms with Crippen LogP contribution in [0.4, 0.5) is 0 Å². The highest BCUT2D eigenvalue weighted by Crippen LogP contribution is 2.48. The standard InChI is InChI=1S/C10H17O3P/c1-2-3-4-9-5-7-10(8-6-9)14(11,12)13/h9-10H,2,5-8H2,1H3,(H2,11,12,13). The molecule has 1 saturated carbocycles. The molecule has 80 valence electrons. The summed E-state index contributed by atoms with van der Waals surface area (Å²) in [5, 5.41) is 0. The van der Waals surface area contributed by atoms with Gasteiger partial charge in [0.05, 0.1) is 5.66 Å². The molecule has 0 unspecified atom stereocenters. The number of hydrogen-bond acceptors (Lipinski definition) is 1. The van der Waals surface area contributed by atoms with Crippen molar-refractivity contribution in [3.8, 4) is 11.8 Å². The minimum Gasteiger partial charge on any atom is -0.324 e. The fourth-order valence-corrected chi connectivity index (χ4v) is 2.77. The molecule has 2 N–H and O–H groups in total. The predicted octanol–water partition coefficient (Wildman–Crippen LogP) is 2.14. The third-order valence-electron chi connectivity index (χ3n) is 2.66. The first-order chi connectivity index (χ1) is 6.54. The van der Waals surface area contributed by atoms with Crippen LogP contribution < -0.4 is 0 Å². The van der Waals surface area contributed by atoms with Gasteiger partial charge in [-0.2, -0.15) is 0 Å². The van der Waals surface area contributed by atoms with Crippen LogP contribution in [0.1, 0.15) is 39.0 Å². The molecule has 0 aromatic carbocycles. The molecule has 3 nitrogen and oxygen atoms in total. The third kappa shape index (κ3) is 3.46. The van der Waals surface area contributed by atoms with Crippen molar-refractivity contribution >= 4 is 7.60 Å². The molecule has 1 rings (SSSR count). The zero-order chi connectivity index (χ0) is 10.6. The van der Waals surface area contributed by atoms with E-state index in [4.69, 9.17) is 9.79 Å². The molecule has 4 heteroatoms. The third-order valence-corrected chi connectivity index (χ3v) is 4.12. The second-order valence-corrected chi connectivity index (χ2v) is 5.68. The zero-order valence-electron chi connectivity index (χ0n) is 8.44. The van der Waals surface area contributed by atoms with Crippen LogP contribution in [-0.2, 0) is 4.57 Å². The van der Waals surface area contributed by atoms with E-state index in [0.29, 0.717) is 18.8 Å². The van der Waals surface area contributed by atoms with Gasteiger partial charge in [0.25, 0.3) is 0 Å². The van der Waals surface area contributed by atoms with Gasteiger partial charge in [0.15, 0.2) is 0 Å². The van der Waals surface area contributed by atoms with E-state index >= 15 is 0 Å². The molecular weight excluding hydrogens is 199 g/mol. The number of hydrogen-bond donors (Lipinski definition) is 2. The van der Waals surface area contributed by atoms with Gasteiger partial charge < -0.3 is 9.79 Å². The van der Waals surface area contributed by atoms with E-state index in [1.807, 2.05) is 6.92 Å². The fraction of sp³-hybridized carbons (Fsp3) is 0.800. The van der Waals surface area contributed by atoms with Crippen molar-refractivity contribution in [3.05, 3.63) is 0 Å². The minimum atomic E-state index is -3.84. The van der Waals surface area contributed by atoms with Crippen molar-refractivity contribution in [2.24, 2.45) is 5.92 Å². The molecule has 0 aromatic heterocycles. The van der Waals surface area contributed by atoms with E-state index < -0.39 is 13.3 Å². The molecule has 1 fully saturated rings. The lowest BCUT2D eigenvalue weighted by Gasteiger charge is -2.25. The number of rotatable bonds is 1. The normalized spacial score (nSPS) is 27.9. The summed E-state index contributed by atoms with van der Waals surface area (Å²) in [7, 11) is -3.84. The summed E-state index contributed by atoms with van der Waals surface area (Å²) in [6.07, 6.45) is 3.77. The maximum atomic E-state index is 11.0. The first kappa shape index (κ1) is 11.8. The molecule has 0 radical (unpaired) electrons. The Hall–Kier alpha value is -0.290. The Bertz CT molecular complexity index is 275. The molecule has 0 aliphatic heterocycles. The van der Waals surface area contributed by atoms with Crippen molar-refractivity contribution < 1.29 is 14.4 Å². The Labute approximate surface area is 85.1 Å². The Kier molecular flexibility index (Phi) is 4.19. The largest absolute Gasteiger partial charge is 0.328 e. The van der Waals surface area contributed by atoms with Gasteiger partial charge in [-0.25, -0.2) is 0 Å².